The van der Waals surface area contributed by atoms with Crippen molar-refractivity contribution in [1.82, 2.24) is 4.98 Å². The van der Waals surface area contributed by atoms with Gasteiger partial charge in [-0.2, -0.15) is 13.2 Å². The fourth-order valence-electron chi connectivity index (χ4n) is 2.20. The fraction of sp³-hybridized carbons (Fsp3) is 0.583. The molecule has 0 aliphatic heterocycles. The molecule has 0 bridgehead atoms. The second kappa shape index (κ2) is 5.34. The highest BCUT2D eigenvalue weighted by Crippen LogP contribution is 2.33. The Morgan fingerprint density at radius 3 is 2.61 bits per heavy atom. The van der Waals surface area contributed by atoms with Crippen LogP contribution in [0.15, 0.2) is 12.3 Å². The van der Waals surface area contributed by atoms with Crippen LogP contribution in [0.25, 0.3) is 0 Å². The Balaban J connectivity index is 2.06. The Bertz CT molecular complexity index is 414. The summed E-state index contributed by atoms with van der Waals surface area (Å²) in [5.41, 5.74) is -0.515. The van der Waals surface area contributed by atoms with Crippen molar-refractivity contribution in [2.24, 2.45) is 5.92 Å². The van der Waals surface area contributed by atoms with Crippen molar-refractivity contribution in [2.45, 2.75) is 31.9 Å². The molecule has 0 unspecified atom stereocenters. The summed E-state index contributed by atoms with van der Waals surface area (Å²) in [6, 6.07) is 1.02. The van der Waals surface area contributed by atoms with Gasteiger partial charge in [-0.15, -0.1) is 0 Å². The van der Waals surface area contributed by atoms with Gasteiger partial charge in [-0.05, 0) is 24.8 Å². The number of anilines is 1. The Morgan fingerprint density at radius 1 is 1.33 bits per heavy atom. The Morgan fingerprint density at radius 2 is 2.00 bits per heavy atom. The molecular formula is C12H14ClF3N2. The summed E-state index contributed by atoms with van der Waals surface area (Å²) >= 11 is 5.79. The van der Waals surface area contributed by atoms with E-state index in [0.717, 1.165) is 25.1 Å². The predicted molar refractivity (Wildman–Crippen MR) is 64.7 cm³/mol. The van der Waals surface area contributed by atoms with Gasteiger partial charge < -0.3 is 5.32 Å². The van der Waals surface area contributed by atoms with Crippen LogP contribution in [0, 0.1) is 5.92 Å². The van der Waals surface area contributed by atoms with E-state index in [1.165, 1.54) is 12.8 Å². The van der Waals surface area contributed by atoms with E-state index in [-0.39, 0.29) is 10.8 Å². The minimum absolute atomic E-state index is 0.0843. The molecule has 2 nitrogen and oxygen atoms in total. The van der Waals surface area contributed by atoms with E-state index in [0.29, 0.717) is 12.5 Å². The van der Waals surface area contributed by atoms with Crippen LogP contribution < -0.4 is 5.32 Å². The van der Waals surface area contributed by atoms with Crippen LogP contribution in [-0.2, 0) is 6.18 Å². The first-order valence-corrected chi connectivity index (χ1v) is 6.31. The predicted octanol–water partition coefficient (Wildman–Crippen LogP) is 4.36. The Kier molecular flexibility index (Phi) is 4.00. The van der Waals surface area contributed by atoms with Crippen molar-refractivity contribution in [2.75, 3.05) is 11.9 Å². The topological polar surface area (TPSA) is 24.9 Å². The largest absolute Gasteiger partial charge is 0.417 e. The zero-order valence-electron chi connectivity index (χ0n) is 9.73. The molecule has 2 rings (SSSR count). The number of rotatable bonds is 3. The van der Waals surface area contributed by atoms with Gasteiger partial charge in [-0.3, -0.25) is 0 Å². The van der Waals surface area contributed by atoms with Crippen LogP contribution in [0.1, 0.15) is 31.2 Å². The van der Waals surface area contributed by atoms with E-state index in [4.69, 9.17) is 11.6 Å². The molecular weight excluding hydrogens is 265 g/mol. The van der Waals surface area contributed by atoms with Crippen molar-refractivity contribution in [1.29, 1.82) is 0 Å². The minimum Gasteiger partial charge on any atom is -0.382 e. The van der Waals surface area contributed by atoms with Crippen molar-refractivity contribution in [3.8, 4) is 0 Å². The molecule has 0 aromatic carbocycles. The molecule has 1 N–H and O–H groups in total. The highest BCUT2D eigenvalue weighted by Gasteiger charge is 2.31. The number of halogens is 4. The van der Waals surface area contributed by atoms with Gasteiger partial charge in [-0.25, -0.2) is 4.98 Å². The first-order valence-electron chi connectivity index (χ1n) is 5.93. The van der Waals surface area contributed by atoms with Gasteiger partial charge in [0, 0.05) is 12.7 Å². The lowest BCUT2D eigenvalue weighted by Crippen LogP contribution is -2.13. The highest BCUT2D eigenvalue weighted by atomic mass is 35.5. The summed E-state index contributed by atoms with van der Waals surface area (Å²) in [5, 5.41) is 3.06. The third kappa shape index (κ3) is 3.28. The molecule has 0 radical (unpaired) electrons. The number of pyridine rings is 1. The van der Waals surface area contributed by atoms with Crippen LogP contribution in [0.5, 0.6) is 0 Å². The summed E-state index contributed by atoms with van der Waals surface area (Å²) in [6.45, 7) is 0.655. The third-order valence-electron chi connectivity index (χ3n) is 3.22. The molecule has 1 fully saturated rings. The van der Waals surface area contributed by atoms with Crippen molar-refractivity contribution >= 4 is 17.3 Å². The van der Waals surface area contributed by atoms with Crippen molar-refractivity contribution in [3.05, 3.63) is 23.0 Å². The second-order valence-electron chi connectivity index (χ2n) is 4.59. The number of alkyl halides is 3. The number of hydrogen-bond acceptors (Lipinski definition) is 2. The summed E-state index contributed by atoms with van der Waals surface area (Å²) in [7, 11) is 0. The summed E-state index contributed by atoms with van der Waals surface area (Å²) in [6.07, 6.45) is 1.00. The van der Waals surface area contributed by atoms with Crippen molar-refractivity contribution < 1.29 is 13.2 Å². The number of nitrogens with zero attached hydrogens (tertiary/aromatic N) is 1. The molecule has 0 amide bonds. The van der Waals surface area contributed by atoms with Gasteiger partial charge in [0.25, 0.3) is 0 Å². The minimum atomic E-state index is -4.39. The molecule has 1 aromatic heterocycles. The first kappa shape index (κ1) is 13.5. The van der Waals surface area contributed by atoms with Crippen LogP contribution >= 0.6 is 11.6 Å². The smallest absolute Gasteiger partial charge is 0.382 e. The maximum absolute atomic E-state index is 12.5. The molecule has 1 saturated carbocycles. The second-order valence-corrected chi connectivity index (χ2v) is 4.95. The van der Waals surface area contributed by atoms with E-state index < -0.39 is 11.7 Å². The van der Waals surface area contributed by atoms with E-state index >= 15 is 0 Å². The van der Waals surface area contributed by atoms with Gasteiger partial charge in [0.15, 0.2) is 5.15 Å². The average Bonchev–Trinajstić information content (AvgIpc) is 2.79. The molecule has 1 aromatic rings. The van der Waals surface area contributed by atoms with Gasteiger partial charge in [0.2, 0.25) is 0 Å². The van der Waals surface area contributed by atoms with E-state index in [9.17, 15) is 13.2 Å². The number of aromatic nitrogens is 1. The highest BCUT2D eigenvalue weighted by molar-refractivity contribution is 6.31. The first-order chi connectivity index (χ1) is 8.47. The zero-order valence-corrected chi connectivity index (χ0v) is 10.5. The van der Waals surface area contributed by atoms with Crippen molar-refractivity contribution in [3.63, 3.8) is 0 Å². The van der Waals surface area contributed by atoms with E-state index in [1.807, 2.05) is 0 Å². The monoisotopic (exact) mass is 278 g/mol. The molecule has 0 saturated heterocycles. The van der Waals surface area contributed by atoms with Gasteiger partial charge in [-0.1, -0.05) is 24.4 Å². The molecule has 1 heterocycles. The van der Waals surface area contributed by atoms with Crippen LogP contribution in [-0.4, -0.2) is 11.5 Å². The normalized spacial score (nSPS) is 17.1. The molecule has 0 atom stereocenters. The summed E-state index contributed by atoms with van der Waals surface area (Å²) < 4.78 is 37.6. The summed E-state index contributed by atoms with van der Waals surface area (Å²) in [5.74, 6) is 0.524. The van der Waals surface area contributed by atoms with Gasteiger partial charge in [0.05, 0.1) is 11.3 Å². The van der Waals surface area contributed by atoms with E-state index in [1.54, 1.807) is 0 Å². The Hall–Kier alpha value is -0.970. The third-order valence-corrected chi connectivity index (χ3v) is 3.52. The number of nitrogens with one attached hydrogen (secondary N) is 1. The molecule has 0 spiro atoms. The fourth-order valence-corrected chi connectivity index (χ4v) is 2.37. The van der Waals surface area contributed by atoms with Crippen LogP contribution in [0.2, 0.25) is 5.15 Å². The van der Waals surface area contributed by atoms with Crippen LogP contribution in [0.3, 0.4) is 0 Å². The van der Waals surface area contributed by atoms with Crippen LogP contribution in [0.4, 0.5) is 18.9 Å². The van der Waals surface area contributed by atoms with Gasteiger partial charge in [0.1, 0.15) is 0 Å². The zero-order chi connectivity index (χ0) is 13.2. The standard InChI is InChI=1S/C12H14ClF3N2/c13-11-10(17-6-8-3-1-2-4-8)5-9(7-18-11)12(14,15)16/h5,7-8,17H,1-4,6H2. The molecule has 1 aliphatic carbocycles. The molecule has 18 heavy (non-hydrogen) atoms. The summed E-state index contributed by atoms with van der Waals surface area (Å²) in [4.78, 5) is 3.57. The maximum Gasteiger partial charge on any atom is 0.417 e. The number of hydrogen-bond donors (Lipinski definition) is 1. The Labute approximate surface area is 109 Å². The van der Waals surface area contributed by atoms with Gasteiger partial charge >= 0.3 is 6.18 Å². The lowest BCUT2D eigenvalue weighted by molar-refractivity contribution is -0.137. The SMILES string of the molecule is FC(F)(F)c1cnc(Cl)c(NCC2CCCC2)c1. The maximum atomic E-state index is 12.5. The quantitative estimate of drug-likeness (QED) is 0.831. The lowest BCUT2D eigenvalue weighted by Gasteiger charge is -2.14. The molecule has 6 heteroatoms. The lowest BCUT2D eigenvalue weighted by atomic mass is 10.1. The average molecular weight is 279 g/mol. The molecule has 100 valence electrons. The van der Waals surface area contributed by atoms with E-state index in [2.05, 4.69) is 10.3 Å². The molecule has 1 aliphatic rings.